The van der Waals surface area contributed by atoms with Crippen molar-refractivity contribution in [3.8, 4) is 11.5 Å². The first kappa shape index (κ1) is 15.1. The fourth-order valence-electron chi connectivity index (χ4n) is 1.84. The van der Waals surface area contributed by atoms with Crippen molar-refractivity contribution in [2.24, 2.45) is 0 Å². The Labute approximate surface area is 128 Å². The molecule has 4 heteroatoms. The number of allylic oxidation sites excluding steroid dienone is 1. The minimum atomic E-state index is -0.301. The van der Waals surface area contributed by atoms with Gasteiger partial charge in [-0.3, -0.25) is 4.79 Å². The number of phenols is 1. The molecule has 2 rings (SSSR count). The molecule has 0 unspecified atom stereocenters. The summed E-state index contributed by atoms with van der Waals surface area (Å²) < 4.78 is 5.07. The first-order valence-electron chi connectivity index (χ1n) is 6.37. The van der Waals surface area contributed by atoms with Gasteiger partial charge in [0.25, 0.3) is 0 Å². The lowest BCUT2D eigenvalue weighted by Crippen LogP contribution is -1.96. The van der Waals surface area contributed by atoms with E-state index in [2.05, 4.69) is 0 Å². The molecule has 0 saturated heterocycles. The van der Waals surface area contributed by atoms with Crippen molar-refractivity contribution < 1.29 is 14.6 Å². The molecule has 0 atom stereocenters. The molecule has 3 nitrogen and oxygen atoms in total. The van der Waals surface area contributed by atoms with Crippen LogP contribution in [0.5, 0.6) is 11.5 Å². The Hall–Kier alpha value is -2.26. The van der Waals surface area contributed by atoms with Crippen LogP contribution in [0.25, 0.3) is 6.08 Å². The monoisotopic (exact) mass is 302 g/mol. The summed E-state index contributed by atoms with van der Waals surface area (Å²) in [5.41, 5.74) is 1.78. The van der Waals surface area contributed by atoms with Crippen molar-refractivity contribution in [3.05, 3.63) is 64.2 Å². The van der Waals surface area contributed by atoms with Gasteiger partial charge in [-0.25, -0.2) is 0 Å². The SMILES string of the molecule is COc1ccc(C=CC(=O)c2cc(Cl)c(C)cc2O)cc1. The van der Waals surface area contributed by atoms with E-state index in [9.17, 15) is 9.90 Å². The topological polar surface area (TPSA) is 46.5 Å². The van der Waals surface area contributed by atoms with Gasteiger partial charge in [0.2, 0.25) is 0 Å². The van der Waals surface area contributed by atoms with Crippen LogP contribution in [0.4, 0.5) is 0 Å². The average molecular weight is 303 g/mol. The van der Waals surface area contributed by atoms with Gasteiger partial charge in [-0.15, -0.1) is 0 Å². The van der Waals surface area contributed by atoms with Gasteiger partial charge in [0.1, 0.15) is 11.5 Å². The third-order valence-electron chi connectivity index (χ3n) is 3.09. The normalized spacial score (nSPS) is 10.8. The summed E-state index contributed by atoms with van der Waals surface area (Å²) in [5, 5.41) is 10.3. The van der Waals surface area contributed by atoms with Crippen molar-refractivity contribution in [1.29, 1.82) is 0 Å². The molecule has 0 aliphatic carbocycles. The first-order chi connectivity index (χ1) is 10.0. The summed E-state index contributed by atoms with van der Waals surface area (Å²) in [5.74, 6) is 0.382. The number of hydrogen-bond acceptors (Lipinski definition) is 3. The van der Waals surface area contributed by atoms with E-state index >= 15 is 0 Å². The van der Waals surface area contributed by atoms with Crippen LogP contribution in [0.3, 0.4) is 0 Å². The Morgan fingerprint density at radius 2 is 1.90 bits per heavy atom. The standard InChI is InChI=1S/C17H15ClO3/c1-11-9-17(20)14(10-15(11)18)16(19)8-5-12-3-6-13(21-2)7-4-12/h3-10,20H,1-2H3. The molecule has 2 aromatic rings. The van der Waals surface area contributed by atoms with Gasteiger partial charge in [0, 0.05) is 5.02 Å². The number of aryl methyl sites for hydroxylation is 1. The third-order valence-corrected chi connectivity index (χ3v) is 3.49. The second-order valence-corrected chi connectivity index (χ2v) is 5.00. The van der Waals surface area contributed by atoms with Gasteiger partial charge < -0.3 is 9.84 Å². The number of benzene rings is 2. The molecular weight excluding hydrogens is 288 g/mol. The molecule has 0 radical (unpaired) electrons. The number of carbonyl (C=O) groups is 1. The van der Waals surface area contributed by atoms with E-state index in [0.29, 0.717) is 5.02 Å². The number of ether oxygens (including phenoxy) is 1. The van der Waals surface area contributed by atoms with E-state index in [-0.39, 0.29) is 17.1 Å². The van der Waals surface area contributed by atoms with E-state index in [1.54, 1.807) is 20.1 Å². The molecule has 0 amide bonds. The number of rotatable bonds is 4. The number of hydrogen-bond donors (Lipinski definition) is 1. The lowest BCUT2D eigenvalue weighted by molar-refractivity contribution is 0.104. The van der Waals surface area contributed by atoms with E-state index in [0.717, 1.165) is 16.9 Å². The Morgan fingerprint density at radius 3 is 2.52 bits per heavy atom. The van der Waals surface area contributed by atoms with Crippen molar-refractivity contribution >= 4 is 23.5 Å². The molecule has 0 bridgehead atoms. The predicted molar refractivity (Wildman–Crippen MR) is 84.2 cm³/mol. The molecular formula is C17H15ClO3. The molecule has 0 heterocycles. The van der Waals surface area contributed by atoms with Crippen molar-refractivity contribution in [2.75, 3.05) is 7.11 Å². The highest BCUT2D eigenvalue weighted by molar-refractivity contribution is 6.32. The number of methoxy groups -OCH3 is 1. The minimum Gasteiger partial charge on any atom is -0.507 e. The van der Waals surface area contributed by atoms with Crippen LogP contribution in [0.15, 0.2) is 42.5 Å². The zero-order chi connectivity index (χ0) is 15.4. The van der Waals surface area contributed by atoms with Crippen molar-refractivity contribution in [1.82, 2.24) is 0 Å². The molecule has 0 aliphatic heterocycles. The van der Waals surface area contributed by atoms with Crippen molar-refractivity contribution in [3.63, 3.8) is 0 Å². The average Bonchev–Trinajstić information content (AvgIpc) is 2.49. The zero-order valence-electron chi connectivity index (χ0n) is 11.8. The van der Waals surface area contributed by atoms with Crippen LogP contribution in [-0.4, -0.2) is 18.0 Å². The summed E-state index contributed by atoms with van der Waals surface area (Å²) in [6.07, 6.45) is 3.08. The molecule has 21 heavy (non-hydrogen) atoms. The van der Waals surface area contributed by atoms with Crippen LogP contribution in [-0.2, 0) is 0 Å². The van der Waals surface area contributed by atoms with Crippen LogP contribution >= 0.6 is 11.6 Å². The molecule has 0 saturated carbocycles. The maximum absolute atomic E-state index is 12.1. The second kappa shape index (κ2) is 6.46. The number of carbonyl (C=O) groups excluding carboxylic acids is 1. The van der Waals surface area contributed by atoms with Gasteiger partial charge in [0.15, 0.2) is 5.78 Å². The lowest BCUT2D eigenvalue weighted by Gasteiger charge is -2.04. The third kappa shape index (κ3) is 3.64. The largest absolute Gasteiger partial charge is 0.507 e. The smallest absolute Gasteiger partial charge is 0.189 e. The lowest BCUT2D eigenvalue weighted by atomic mass is 10.1. The Kier molecular flexibility index (Phi) is 4.66. The molecule has 0 aliphatic rings. The number of ketones is 1. The summed E-state index contributed by atoms with van der Waals surface area (Å²) in [4.78, 5) is 12.1. The van der Waals surface area contributed by atoms with Gasteiger partial charge in [0.05, 0.1) is 12.7 Å². The molecule has 0 spiro atoms. The number of phenolic OH excluding ortho intramolecular Hbond substituents is 1. The maximum atomic E-state index is 12.1. The minimum absolute atomic E-state index is 0.0683. The van der Waals surface area contributed by atoms with E-state index < -0.39 is 0 Å². The van der Waals surface area contributed by atoms with E-state index in [1.807, 2.05) is 24.3 Å². The van der Waals surface area contributed by atoms with Crippen LogP contribution in [0, 0.1) is 6.92 Å². The van der Waals surface area contributed by atoms with E-state index in [1.165, 1.54) is 18.2 Å². The van der Waals surface area contributed by atoms with Crippen LogP contribution in [0.2, 0.25) is 5.02 Å². The Morgan fingerprint density at radius 1 is 1.24 bits per heavy atom. The van der Waals surface area contributed by atoms with Gasteiger partial charge in [-0.2, -0.15) is 0 Å². The number of aromatic hydroxyl groups is 1. The molecule has 108 valence electrons. The molecule has 2 aromatic carbocycles. The molecule has 0 fully saturated rings. The fourth-order valence-corrected chi connectivity index (χ4v) is 2.00. The van der Waals surface area contributed by atoms with Crippen molar-refractivity contribution in [2.45, 2.75) is 6.92 Å². The summed E-state index contributed by atoms with van der Waals surface area (Å²) in [6, 6.07) is 10.3. The molecule has 1 N–H and O–H groups in total. The predicted octanol–water partition coefficient (Wildman–Crippen LogP) is 4.26. The van der Waals surface area contributed by atoms with Gasteiger partial charge >= 0.3 is 0 Å². The second-order valence-electron chi connectivity index (χ2n) is 4.59. The maximum Gasteiger partial charge on any atom is 0.189 e. The zero-order valence-corrected chi connectivity index (χ0v) is 12.5. The Balaban J connectivity index is 2.20. The van der Waals surface area contributed by atoms with Gasteiger partial charge in [-0.05, 0) is 48.4 Å². The fraction of sp³-hybridized carbons (Fsp3) is 0.118. The van der Waals surface area contributed by atoms with Crippen LogP contribution in [0.1, 0.15) is 21.5 Å². The summed E-state index contributed by atoms with van der Waals surface area (Å²) in [7, 11) is 1.60. The highest BCUT2D eigenvalue weighted by atomic mass is 35.5. The quantitative estimate of drug-likeness (QED) is 0.678. The highest BCUT2D eigenvalue weighted by Crippen LogP contribution is 2.26. The highest BCUT2D eigenvalue weighted by Gasteiger charge is 2.10. The number of halogens is 1. The Bertz CT molecular complexity index is 688. The molecule has 0 aromatic heterocycles. The summed E-state index contributed by atoms with van der Waals surface area (Å²) in [6.45, 7) is 1.77. The summed E-state index contributed by atoms with van der Waals surface area (Å²) >= 11 is 5.98. The van der Waals surface area contributed by atoms with Gasteiger partial charge in [-0.1, -0.05) is 29.8 Å². The van der Waals surface area contributed by atoms with E-state index in [4.69, 9.17) is 16.3 Å². The first-order valence-corrected chi connectivity index (χ1v) is 6.74. The van der Waals surface area contributed by atoms with Crippen LogP contribution < -0.4 is 4.74 Å².